The summed E-state index contributed by atoms with van der Waals surface area (Å²) >= 11 is 5.89. The smallest absolute Gasteiger partial charge is 0.322 e. The largest absolute Gasteiger partial charge is 0.380 e. The van der Waals surface area contributed by atoms with Gasteiger partial charge in [-0.3, -0.25) is 9.59 Å². The third kappa shape index (κ3) is 6.29. The van der Waals surface area contributed by atoms with Gasteiger partial charge in [-0.2, -0.15) is 0 Å². The summed E-state index contributed by atoms with van der Waals surface area (Å²) in [7, 11) is 1.51. The van der Waals surface area contributed by atoms with Gasteiger partial charge in [0.2, 0.25) is 5.91 Å². The molecule has 8 nitrogen and oxygen atoms in total. The van der Waals surface area contributed by atoms with Gasteiger partial charge < -0.3 is 25.2 Å². The second-order valence-electron chi connectivity index (χ2n) is 8.57. The molecule has 2 aromatic carbocycles. The van der Waals surface area contributed by atoms with Crippen molar-refractivity contribution in [2.24, 2.45) is 0 Å². The maximum atomic E-state index is 14.8. The average Bonchev–Trinajstić information content (AvgIpc) is 3.27. The van der Waals surface area contributed by atoms with E-state index in [-0.39, 0.29) is 42.3 Å². The first-order valence-corrected chi connectivity index (χ1v) is 11.8. The molecular formula is C25H30ClFN4O4. The number of urea groups is 1. The van der Waals surface area contributed by atoms with E-state index < -0.39 is 23.8 Å². The standard InChI is InChI=1S/C25H30ClFN4O4/c1-5-30(15(2)3)24(33)16-6-11-21(20(27)12-16)29-23(32)22-13-19(35-4)14-31(22)25(34)28-18-9-7-17(26)8-10-18/h6-12,15,19,22H,5,13-14H2,1-4H3,(H,28,34)(H,29,32)/t19-,22-/m1/s1. The number of amides is 4. The molecule has 0 spiro atoms. The van der Waals surface area contributed by atoms with Crippen molar-refractivity contribution >= 4 is 40.8 Å². The second kappa shape index (κ2) is 11.5. The molecule has 10 heteroatoms. The lowest BCUT2D eigenvalue weighted by Crippen LogP contribution is -2.45. The van der Waals surface area contributed by atoms with Gasteiger partial charge in [-0.05, 0) is 63.2 Å². The van der Waals surface area contributed by atoms with Crippen LogP contribution in [-0.2, 0) is 9.53 Å². The number of methoxy groups -OCH3 is 1. The summed E-state index contributed by atoms with van der Waals surface area (Å²) in [5, 5.41) is 5.82. The third-order valence-corrected chi connectivity index (χ3v) is 6.21. The Hall–Kier alpha value is -3.17. The van der Waals surface area contributed by atoms with Crippen LogP contribution in [0.1, 0.15) is 37.6 Å². The van der Waals surface area contributed by atoms with E-state index in [2.05, 4.69) is 10.6 Å². The third-order valence-electron chi connectivity index (χ3n) is 5.95. The fourth-order valence-electron chi connectivity index (χ4n) is 4.04. The first-order valence-electron chi connectivity index (χ1n) is 11.4. The van der Waals surface area contributed by atoms with Crippen LogP contribution in [0.15, 0.2) is 42.5 Å². The summed E-state index contributed by atoms with van der Waals surface area (Å²) in [4.78, 5) is 41.6. The number of nitrogens with zero attached hydrogens (tertiary/aromatic N) is 2. The van der Waals surface area contributed by atoms with Gasteiger partial charge in [0.25, 0.3) is 5.91 Å². The minimum atomic E-state index is -0.871. The van der Waals surface area contributed by atoms with Crippen LogP contribution in [0.2, 0.25) is 5.02 Å². The van der Waals surface area contributed by atoms with Crippen LogP contribution in [0.5, 0.6) is 0 Å². The zero-order valence-corrected chi connectivity index (χ0v) is 20.9. The number of anilines is 2. The molecule has 0 radical (unpaired) electrons. The van der Waals surface area contributed by atoms with Crippen LogP contribution < -0.4 is 10.6 Å². The molecule has 0 saturated carbocycles. The van der Waals surface area contributed by atoms with E-state index in [4.69, 9.17) is 16.3 Å². The van der Waals surface area contributed by atoms with Gasteiger partial charge >= 0.3 is 6.03 Å². The van der Waals surface area contributed by atoms with E-state index in [0.717, 1.165) is 6.07 Å². The lowest BCUT2D eigenvalue weighted by molar-refractivity contribution is -0.119. The zero-order valence-electron chi connectivity index (χ0n) is 20.2. The van der Waals surface area contributed by atoms with Crippen molar-refractivity contribution in [1.29, 1.82) is 0 Å². The molecule has 0 aromatic heterocycles. The van der Waals surface area contributed by atoms with Gasteiger partial charge in [0.1, 0.15) is 11.9 Å². The monoisotopic (exact) mass is 504 g/mol. The molecule has 188 valence electrons. The summed E-state index contributed by atoms with van der Waals surface area (Å²) in [6.07, 6.45) is -0.0865. The van der Waals surface area contributed by atoms with Crippen LogP contribution in [0.4, 0.5) is 20.6 Å². The van der Waals surface area contributed by atoms with E-state index in [1.54, 1.807) is 29.2 Å². The number of carbonyl (C=O) groups excluding carboxylic acids is 3. The lowest BCUT2D eigenvalue weighted by Gasteiger charge is -2.25. The molecule has 2 aromatic rings. The first kappa shape index (κ1) is 26.4. The lowest BCUT2D eigenvalue weighted by atomic mass is 10.1. The molecule has 35 heavy (non-hydrogen) atoms. The van der Waals surface area contributed by atoms with Crippen molar-refractivity contribution in [3.05, 3.63) is 58.9 Å². The number of hydrogen-bond acceptors (Lipinski definition) is 4. The Morgan fingerprint density at radius 3 is 2.43 bits per heavy atom. The van der Waals surface area contributed by atoms with Crippen molar-refractivity contribution in [2.45, 2.75) is 45.4 Å². The van der Waals surface area contributed by atoms with E-state index in [1.165, 1.54) is 24.1 Å². The second-order valence-corrected chi connectivity index (χ2v) is 9.00. The Morgan fingerprint density at radius 1 is 1.17 bits per heavy atom. The molecule has 0 aliphatic carbocycles. The predicted molar refractivity (Wildman–Crippen MR) is 133 cm³/mol. The van der Waals surface area contributed by atoms with Gasteiger partial charge in [0.15, 0.2) is 0 Å². The van der Waals surface area contributed by atoms with E-state index in [0.29, 0.717) is 17.3 Å². The fourth-order valence-corrected chi connectivity index (χ4v) is 4.17. The summed E-state index contributed by atoms with van der Waals surface area (Å²) in [5.74, 6) is -1.57. The number of carbonyl (C=O) groups is 3. The molecule has 1 aliphatic heterocycles. The van der Waals surface area contributed by atoms with Gasteiger partial charge in [-0.25, -0.2) is 9.18 Å². The number of likely N-dealkylation sites (tertiary alicyclic amines) is 1. The summed E-state index contributed by atoms with van der Waals surface area (Å²) < 4.78 is 20.2. The number of rotatable bonds is 7. The molecule has 0 unspecified atom stereocenters. The SMILES string of the molecule is CCN(C(=O)c1ccc(NC(=O)[C@H]2C[C@@H](OC)CN2C(=O)Nc2ccc(Cl)cc2)c(F)c1)C(C)C. The van der Waals surface area contributed by atoms with Crippen molar-refractivity contribution < 1.29 is 23.5 Å². The Balaban J connectivity index is 1.73. The van der Waals surface area contributed by atoms with Crippen LogP contribution in [0.25, 0.3) is 0 Å². The van der Waals surface area contributed by atoms with Gasteiger partial charge in [-0.15, -0.1) is 0 Å². The molecule has 1 saturated heterocycles. The highest BCUT2D eigenvalue weighted by Gasteiger charge is 2.40. The molecule has 1 aliphatic rings. The minimum Gasteiger partial charge on any atom is -0.380 e. The predicted octanol–water partition coefficient (Wildman–Crippen LogP) is 4.61. The Labute approximate surface area is 209 Å². The van der Waals surface area contributed by atoms with Crippen molar-refractivity contribution in [3.63, 3.8) is 0 Å². The quantitative estimate of drug-likeness (QED) is 0.576. The van der Waals surface area contributed by atoms with Crippen LogP contribution in [-0.4, -0.2) is 66.0 Å². The highest BCUT2D eigenvalue weighted by atomic mass is 35.5. The number of halogens is 2. The van der Waals surface area contributed by atoms with Crippen molar-refractivity contribution in [1.82, 2.24) is 9.80 Å². The average molecular weight is 505 g/mol. The highest BCUT2D eigenvalue weighted by Crippen LogP contribution is 2.25. The molecule has 1 fully saturated rings. The molecule has 1 heterocycles. The maximum absolute atomic E-state index is 14.8. The molecular weight excluding hydrogens is 475 g/mol. The first-order chi connectivity index (χ1) is 16.6. The number of ether oxygens (including phenoxy) is 1. The molecule has 3 rings (SSSR count). The fraction of sp³-hybridized carbons (Fsp3) is 0.400. The minimum absolute atomic E-state index is 0.0314. The van der Waals surface area contributed by atoms with Gasteiger partial charge in [0.05, 0.1) is 11.8 Å². The number of benzene rings is 2. The topological polar surface area (TPSA) is 91.0 Å². The van der Waals surface area contributed by atoms with Crippen LogP contribution in [0, 0.1) is 5.82 Å². The number of hydrogen-bond donors (Lipinski definition) is 2. The van der Waals surface area contributed by atoms with Crippen molar-refractivity contribution in [3.8, 4) is 0 Å². The van der Waals surface area contributed by atoms with E-state index in [1.807, 2.05) is 20.8 Å². The molecule has 0 bridgehead atoms. The zero-order chi connectivity index (χ0) is 25.7. The van der Waals surface area contributed by atoms with E-state index >= 15 is 0 Å². The Kier molecular flexibility index (Phi) is 8.69. The summed E-state index contributed by atoms with van der Waals surface area (Å²) in [6, 6.07) is 9.14. The molecule has 2 N–H and O–H groups in total. The Bertz CT molecular complexity index is 1080. The molecule has 4 amide bonds. The summed E-state index contributed by atoms with van der Waals surface area (Å²) in [6.45, 7) is 6.32. The van der Waals surface area contributed by atoms with Crippen LogP contribution in [0.3, 0.4) is 0 Å². The van der Waals surface area contributed by atoms with Crippen LogP contribution >= 0.6 is 11.6 Å². The highest BCUT2D eigenvalue weighted by molar-refractivity contribution is 6.30. The number of nitrogens with one attached hydrogen (secondary N) is 2. The van der Waals surface area contributed by atoms with Crippen molar-refractivity contribution in [2.75, 3.05) is 30.8 Å². The van der Waals surface area contributed by atoms with E-state index in [9.17, 15) is 18.8 Å². The normalized spacial score (nSPS) is 17.4. The maximum Gasteiger partial charge on any atom is 0.322 e. The van der Waals surface area contributed by atoms with Gasteiger partial charge in [0, 0.05) is 48.9 Å². The van der Waals surface area contributed by atoms with Gasteiger partial charge in [-0.1, -0.05) is 11.6 Å². The summed E-state index contributed by atoms with van der Waals surface area (Å²) in [5.41, 5.74) is 0.645. The molecule has 2 atom stereocenters. The Morgan fingerprint density at radius 2 is 1.86 bits per heavy atom.